The fraction of sp³-hybridized carbons (Fsp3) is 0.318. The topological polar surface area (TPSA) is 41.3 Å². The van der Waals surface area contributed by atoms with E-state index in [0.29, 0.717) is 12.4 Å². The fourth-order valence-electron chi connectivity index (χ4n) is 2.70. The monoisotopic (exact) mass is 349 g/mol. The smallest absolute Gasteiger partial charge is 0.226 e. The predicted molar refractivity (Wildman–Crippen MR) is 109 cm³/mol. The lowest BCUT2D eigenvalue weighted by atomic mass is 9.87. The first-order valence-electron chi connectivity index (χ1n) is 8.89. The third kappa shape index (κ3) is 4.26. The molecule has 1 aromatic heterocycles. The van der Waals surface area contributed by atoms with E-state index < -0.39 is 0 Å². The maximum atomic E-state index is 5.66. The molecule has 0 aliphatic heterocycles. The number of nitrogens with zero attached hydrogens (tertiary/aromatic N) is 2. The average Bonchev–Trinajstić information content (AvgIpc) is 3.09. The molecule has 136 valence electrons. The summed E-state index contributed by atoms with van der Waals surface area (Å²) in [4.78, 5) is 6.68. The second-order valence-corrected chi connectivity index (χ2v) is 7.77. The summed E-state index contributed by atoms with van der Waals surface area (Å²) in [7, 11) is 4.07. The molecule has 26 heavy (non-hydrogen) atoms. The van der Waals surface area contributed by atoms with Crippen LogP contribution in [-0.2, 0) is 12.0 Å². The lowest BCUT2D eigenvalue weighted by Gasteiger charge is -2.18. The van der Waals surface area contributed by atoms with E-state index in [-0.39, 0.29) is 5.41 Å². The lowest BCUT2D eigenvalue weighted by Crippen LogP contribution is -2.10. The Kier molecular flexibility index (Phi) is 5.03. The van der Waals surface area contributed by atoms with Crippen LogP contribution in [0.1, 0.15) is 32.0 Å². The minimum Gasteiger partial charge on any atom is -0.444 e. The van der Waals surface area contributed by atoms with E-state index in [0.717, 1.165) is 16.9 Å². The van der Waals surface area contributed by atoms with Crippen molar-refractivity contribution in [3.63, 3.8) is 0 Å². The third-order valence-corrected chi connectivity index (χ3v) is 4.41. The van der Waals surface area contributed by atoms with Crippen molar-refractivity contribution in [3.8, 4) is 11.5 Å². The molecule has 1 N–H and O–H groups in total. The van der Waals surface area contributed by atoms with Crippen LogP contribution in [0.5, 0.6) is 0 Å². The SMILES string of the molecule is CN(C)c1ccc(NCc2coc(-c3ccc(C(C)(C)C)cc3)n2)cc1. The zero-order valence-electron chi connectivity index (χ0n) is 16.2. The van der Waals surface area contributed by atoms with Crippen molar-refractivity contribution in [1.29, 1.82) is 0 Å². The molecule has 0 radical (unpaired) electrons. The van der Waals surface area contributed by atoms with Crippen molar-refractivity contribution < 1.29 is 4.42 Å². The van der Waals surface area contributed by atoms with Gasteiger partial charge in [0.25, 0.3) is 0 Å². The molecule has 0 spiro atoms. The molecule has 0 saturated heterocycles. The molecule has 0 saturated carbocycles. The molecule has 3 rings (SSSR count). The van der Waals surface area contributed by atoms with E-state index in [2.05, 4.69) is 84.5 Å². The highest BCUT2D eigenvalue weighted by molar-refractivity contribution is 5.56. The minimum atomic E-state index is 0.145. The van der Waals surface area contributed by atoms with Gasteiger partial charge in [0.15, 0.2) is 0 Å². The van der Waals surface area contributed by atoms with Crippen LogP contribution in [-0.4, -0.2) is 19.1 Å². The van der Waals surface area contributed by atoms with Gasteiger partial charge in [0.1, 0.15) is 6.26 Å². The molecule has 0 aliphatic carbocycles. The maximum absolute atomic E-state index is 5.66. The summed E-state index contributed by atoms with van der Waals surface area (Å²) in [5.74, 6) is 0.658. The zero-order chi connectivity index (χ0) is 18.7. The van der Waals surface area contributed by atoms with Gasteiger partial charge in [0, 0.05) is 31.0 Å². The zero-order valence-corrected chi connectivity index (χ0v) is 16.2. The van der Waals surface area contributed by atoms with Gasteiger partial charge in [-0.1, -0.05) is 32.9 Å². The van der Waals surface area contributed by atoms with Gasteiger partial charge in [-0.05, 0) is 47.4 Å². The Morgan fingerprint density at radius 1 is 0.962 bits per heavy atom. The number of hydrogen-bond donors (Lipinski definition) is 1. The van der Waals surface area contributed by atoms with E-state index in [9.17, 15) is 0 Å². The summed E-state index contributed by atoms with van der Waals surface area (Å²) in [5, 5.41) is 3.38. The first-order chi connectivity index (χ1) is 12.3. The van der Waals surface area contributed by atoms with Gasteiger partial charge >= 0.3 is 0 Å². The largest absolute Gasteiger partial charge is 0.444 e. The standard InChI is InChI=1S/C22H27N3O/c1-22(2,3)17-8-6-16(7-9-17)21-24-19(15-26-21)14-23-18-10-12-20(13-11-18)25(4)5/h6-13,15,23H,14H2,1-5H3. The normalized spacial score (nSPS) is 11.4. The number of anilines is 2. The first-order valence-corrected chi connectivity index (χ1v) is 8.89. The van der Waals surface area contributed by atoms with Crippen LogP contribution in [0.2, 0.25) is 0 Å². The quantitative estimate of drug-likeness (QED) is 0.677. The van der Waals surface area contributed by atoms with Crippen LogP contribution in [0, 0.1) is 0 Å². The number of oxazole rings is 1. The summed E-state index contributed by atoms with van der Waals surface area (Å²) in [6.07, 6.45) is 1.72. The van der Waals surface area contributed by atoms with Crippen LogP contribution in [0.3, 0.4) is 0 Å². The molecule has 3 aromatic rings. The molecular formula is C22H27N3O. The van der Waals surface area contributed by atoms with Gasteiger partial charge in [-0.3, -0.25) is 0 Å². The number of rotatable bonds is 5. The molecule has 0 atom stereocenters. The second kappa shape index (κ2) is 7.24. The van der Waals surface area contributed by atoms with Crippen LogP contribution in [0.15, 0.2) is 59.2 Å². The highest BCUT2D eigenvalue weighted by Crippen LogP contribution is 2.26. The molecule has 0 fully saturated rings. The van der Waals surface area contributed by atoms with Crippen molar-refractivity contribution >= 4 is 11.4 Å². The molecule has 0 bridgehead atoms. The molecule has 0 amide bonds. The lowest BCUT2D eigenvalue weighted by molar-refractivity contribution is 0.571. The Labute approximate surface area is 155 Å². The highest BCUT2D eigenvalue weighted by Gasteiger charge is 2.14. The fourth-order valence-corrected chi connectivity index (χ4v) is 2.70. The maximum Gasteiger partial charge on any atom is 0.226 e. The van der Waals surface area contributed by atoms with Crippen molar-refractivity contribution in [2.45, 2.75) is 32.7 Å². The van der Waals surface area contributed by atoms with Gasteiger partial charge in [-0.25, -0.2) is 4.98 Å². The molecule has 4 heteroatoms. The summed E-state index contributed by atoms with van der Waals surface area (Å²) in [5.41, 5.74) is 5.58. The van der Waals surface area contributed by atoms with Crippen LogP contribution in [0.25, 0.3) is 11.5 Å². The van der Waals surface area contributed by atoms with E-state index in [1.165, 1.54) is 11.3 Å². The molecule has 1 heterocycles. The van der Waals surface area contributed by atoms with E-state index in [4.69, 9.17) is 4.42 Å². The van der Waals surface area contributed by atoms with Gasteiger partial charge in [-0.2, -0.15) is 0 Å². The molecule has 0 unspecified atom stereocenters. The Morgan fingerprint density at radius 2 is 1.62 bits per heavy atom. The summed E-state index contributed by atoms with van der Waals surface area (Å²) in [6, 6.07) is 16.8. The van der Waals surface area contributed by atoms with Crippen molar-refractivity contribution in [1.82, 2.24) is 4.98 Å². The summed E-state index contributed by atoms with van der Waals surface area (Å²) >= 11 is 0. The highest BCUT2D eigenvalue weighted by atomic mass is 16.3. The molecule has 2 aromatic carbocycles. The first kappa shape index (κ1) is 18.1. The van der Waals surface area contributed by atoms with Crippen LogP contribution >= 0.6 is 0 Å². The third-order valence-electron chi connectivity index (χ3n) is 4.41. The minimum absolute atomic E-state index is 0.145. The number of nitrogens with one attached hydrogen (secondary N) is 1. The Balaban J connectivity index is 1.64. The molecular weight excluding hydrogens is 322 g/mol. The molecule has 0 aliphatic rings. The summed E-state index contributed by atoms with van der Waals surface area (Å²) in [6.45, 7) is 7.26. The van der Waals surface area contributed by atoms with Crippen molar-refractivity contribution in [3.05, 3.63) is 66.1 Å². The Hall–Kier alpha value is -2.75. The van der Waals surface area contributed by atoms with E-state index in [1.54, 1.807) is 6.26 Å². The van der Waals surface area contributed by atoms with Gasteiger partial charge in [0.2, 0.25) is 5.89 Å². The van der Waals surface area contributed by atoms with Crippen molar-refractivity contribution in [2.24, 2.45) is 0 Å². The van der Waals surface area contributed by atoms with Crippen LogP contribution in [0.4, 0.5) is 11.4 Å². The van der Waals surface area contributed by atoms with E-state index >= 15 is 0 Å². The number of benzene rings is 2. The van der Waals surface area contributed by atoms with Gasteiger partial charge in [0.05, 0.1) is 12.2 Å². The predicted octanol–water partition coefficient (Wildman–Crippen LogP) is 5.32. The van der Waals surface area contributed by atoms with Crippen molar-refractivity contribution in [2.75, 3.05) is 24.3 Å². The van der Waals surface area contributed by atoms with Gasteiger partial charge in [-0.15, -0.1) is 0 Å². The number of aromatic nitrogens is 1. The van der Waals surface area contributed by atoms with Crippen LogP contribution < -0.4 is 10.2 Å². The van der Waals surface area contributed by atoms with E-state index in [1.807, 2.05) is 14.1 Å². The second-order valence-electron chi connectivity index (χ2n) is 7.77. The Morgan fingerprint density at radius 3 is 2.19 bits per heavy atom. The number of hydrogen-bond acceptors (Lipinski definition) is 4. The summed E-state index contributed by atoms with van der Waals surface area (Å²) < 4.78 is 5.66. The van der Waals surface area contributed by atoms with Gasteiger partial charge < -0.3 is 14.6 Å². The molecule has 4 nitrogen and oxygen atoms in total. The average molecular weight is 349 g/mol. The Bertz CT molecular complexity index is 840.